The summed E-state index contributed by atoms with van der Waals surface area (Å²) in [6.07, 6.45) is 9.00. The third kappa shape index (κ3) is 4.63. The number of aryl methyl sites for hydroxylation is 2. The molecule has 1 aromatic carbocycles. The molecule has 1 aliphatic rings. The van der Waals surface area contributed by atoms with Gasteiger partial charge in [-0.2, -0.15) is 0 Å². The monoisotopic (exact) mass is 261 g/mol. The van der Waals surface area contributed by atoms with Gasteiger partial charge in [0.2, 0.25) is 0 Å². The van der Waals surface area contributed by atoms with Gasteiger partial charge >= 0.3 is 0 Å². The molecule has 0 aliphatic heterocycles. The normalized spacial score (nSPS) is 23.5. The molecule has 0 bridgehead atoms. The first-order chi connectivity index (χ1) is 9.29. The van der Waals surface area contributed by atoms with E-state index in [0.29, 0.717) is 5.92 Å². The molecular formula is C17H27NO. The third-order valence-corrected chi connectivity index (χ3v) is 4.33. The van der Waals surface area contributed by atoms with Crippen LogP contribution in [-0.4, -0.2) is 17.8 Å². The lowest BCUT2D eigenvalue weighted by Gasteiger charge is -2.27. The smallest absolute Gasteiger partial charge is 0.0568 e. The lowest BCUT2D eigenvalue weighted by atomic mass is 9.83. The second-order valence-corrected chi connectivity index (χ2v) is 5.86. The van der Waals surface area contributed by atoms with E-state index >= 15 is 0 Å². The summed E-state index contributed by atoms with van der Waals surface area (Å²) in [5.74, 6) is 0.515. The Balaban J connectivity index is 1.84. The maximum absolute atomic E-state index is 10.0. The van der Waals surface area contributed by atoms with Crippen molar-refractivity contribution in [1.29, 1.82) is 0 Å². The minimum atomic E-state index is -0.0610. The quantitative estimate of drug-likeness (QED) is 0.826. The van der Waals surface area contributed by atoms with Crippen molar-refractivity contribution < 1.29 is 5.11 Å². The Morgan fingerprint density at radius 1 is 1.11 bits per heavy atom. The predicted molar refractivity (Wildman–Crippen MR) is 80.1 cm³/mol. The summed E-state index contributed by atoms with van der Waals surface area (Å²) < 4.78 is 0. The average Bonchev–Trinajstić information content (AvgIpc) is 2.45. The highest BCUT2D eigenvalue weighted by Gasteiger charge is 2.22. The SMILES string of the molecule is NCCCc1cccc(CCC2CCCC[C@H]2O)c1. The van der Waals surface area contributed by atoms with E-state index in [1.165, 1.54) is 30.4 Å². The fraction of sp³-hybridized carbons (Fsp3) is 0.647. The highest BCUT2D eigenvalue weighted by molar-refractivity contribution is 5.23. The molecule has 0 aromatic heterocycles. The topological polar surface area (TPSA) is 46.2 Å². The molecule has 3 N–H and O–H groups in total. The van der Waals surface area contributed by atoms with Crippen LogP contribution in [-0.2, 0) is 12.8 Å². The van der Waals surface area contributed by atoms with Crippen molar-refractivity contribution in [1.82, 2.24) is 0 Å². The van der Waals surface area contributed by atoms with Crippen molar-refractivity contribution in [3.8, 4) is 0 Å². The summed E-state index contributed by atoms with van der Waals surface area (Å²) in [6.45, 7) is 0.762. The van der Waals surface area contributed by atoms with Gasteiger partial charge in [0.1, 0.15) is 0 Å². The Morgan fingerprint density at radius 3 is 2.58 bits per heavy atom. The van der Waals surface area contributed by atoms with Gasteiger partial charge in [0.05, 0.1) is 6.10 Å². The van der Waals surface area contributed by atoms with Gasteiger partial charge in [-0.15, -0.1) is 0 Å². The van der Waals surface area contributed by atoms with Gasteiger partial charge in [-0.1, -0.05) is 37.1 Å². The van der Waals surface area contributed by atoms with E-state index in [4.69, 9.17) is 5.73 Å². The molecule has 1 unspecified atom stereocenters. The first-order valence-corrected chi connectivity index (χ1v) is 7.75. The summed E-state index contributed by atoms with van der Waals surface area (Å²) in [7, 11) is 0. The Labute approximate surface area is 117 Å². The zero-order valence-corrected chi connectivity index (χ0v) is 11.9. The van der Waals surface area contributed by atoms with E-state index in [1.54, 1.807) is 0 Å². The number of aliphatic hydroxyl groups is 1. The van der Waals surface area contributed by atoms with Crippen LogP contribution in [0.15, 0.2) is 24.3 Å². The first kappa shape index (κ1) is 14.5. The van der Waals surface area contributed by atoms with Gasteiger partial charge < -0.3 is 10.8 Å². The number of hydrogen-bond donors (Lipinski definition) is 2. The zero-order chi connectivity index (χ0) is 13.5. The number of hydrogen-bond acceptors (Lipinski definition) is 2. The molecule has 2 nitrogen and oxygen atoms in total. The van der Waals surface area contributed by atoms with Gasteiger partial charge in [-0.3, -0.25) is 0 Å². The number of nitrogens with two attached hydrogens (primary N) is 1. The second kappa shape index (κ2) is 7.66. The summed E-state index contributed by atoms with van der Waals surface area (Å²) >= 11 is 0. The molecular weight excluding hydrogens is 234 g/mol. The lowest BCUT2D eigenvalue weighted by molar-refractivity contribution is 0.0655. The van der Waals surface area contributed by atoms with Gasteiger partial charge in [-0.25, -0.2) is 0 Å². The maximum atomic E-state index is 10.0. The molecule has 106 valence electrons. The van der Waals surface area contributed by atoms with Crippen molar-refractivity contribution in [2.24, 2.45) is 11.7 Å². The Hall–Kier alpha value is -0.860. The van der Waals surface area contributed by atoms with Gasteiger partial charge in [0, 0.05) is 0 Å². The fourth-order valence-electron chi connectivity index (χ4n) is 3.12. The number of aliphatic hydroxyl groups excluding tert-OH is 1. The second-order valence-electron chi connectivity index (χ2n) is 5.86. The van der Waals surface area contributed by atoms with E-state index in [9.17, 15) is 5.11 Å². The van der Waals surface area contributed by atoms with Gasteiger partial charge in [0.25, 0.3) is 0 Å². The molecule has 0 heterocycles. The Morgan fingerprint density at radius 2 is 1.84 bits per heavy atom. The van der Waals surface area contributed by atoms with E-state index in [2.05, 4.69) is 24.3 Å². The van der Waals surface area contributed by atoms with Crippen LogP contribution in [0.4, 0.5) is 0 Å². The van der Waals surface area contributed by atoms with Crippen LogP contribution >= 0.6 is 0 Å². The first-order valence-electron chi connectivity index (χ1n) is 7.75. The summed E-state index contributed by atoms with van der Waals surface area (Å²) in [6, 6.07) is 8.86. The van der Waals surface area contributed by atoms with Crippen molar-refractivity contribution in [2.75, 3.05) is 6.54 Å². The van der Waals surface area contributed by atoms with Crippen LogP contribution in [0.25, 0.3) is 0 Å². The molecule has 2 atom stereocenters. The van der Waals surface area contributed by atoms with Crippen molar-refractivity contribution in [2.45, 2.75) is 57.5 Å². The molecule has 1 aromatic rings. The molecule has 0 amide bonds. The maximum Gasteiger partial charge on any atom is 0.0568 e. The van der Waals surface area contributed by atoms with E-state index in [-0.39, 0.29) is 6.10 Å². The minimum Gasteiger partial charge on any atom is -0.393 e. The summed E-state index contributed by atoms with van der Waals surface area (Å²) in [5.41, 5.74) is 8.36. The fourth-order valence-corrected chi connectivity index (χ4v) is 3.12. The van der Waals surface area contributed by atoms with Crippen molar-refractivity contribution >= 4 is 0 Å². The molecule has 2 heteroatoms. The van der Waals surface area contributed by atoms with Crippen LogP contribution in [0.5, 0.6) is 0 Å². The number of rotatable bonds is 6. The van der Waals surface area contributed by atoms with Crippen LogP contribution in [0.1, 0.15) is 49.7 Å². The van der Waals surface area contributed by atoms with Crippen LogP contribution in [0.2, 0.25) is 0 Å². The lowest BCUT2D eigenvalue weighted by Crippen LogP contribution is -2.24. The Bertz CT molecular complexity index is 377. The highest BCUT2D eigenvalue weighted by atomic mass is 16.3. The standard InChI is InChI=1S/C17H27NO/c18-12-4-7-14-5-3-6-15(13-14)10-11-16-8-1-2-9-17(16)19/h3,5-6,13,16-17,19H,1-2,4,7-12,18H2/t16?,17-/m1/s1. The number of benzene rings is 1. The third-order valence-electron chi connectivity index (χ3n) is 4.33. The van der Waals surface area contributed by atoms with Crippen LogP contribution in [0.3, 0.4) is 0 Å². The van der Waals surface area contributed by atoms with Crippen molar-refractivity contribution in [3.05, 3.63) is 35.4 Å². The van der Waals surface area contributed by atoms with Crippen LogP contribution < -0.4 is 5.73 Å². The molecule has 0 spiro atoms. The van der Waals surface area contributed by atoms with E-state index < -0.39 is 0 Å². The molecule has 2 rings (SSSR count). The largest absolute Gasteiger partial charge is 0.393 e. The predicted octanol–water partition coefficient (Wildman–Crippen LogP) is 3.06. The molecule has 0 saturated heterocycles. The van der Waals surface area contributed by atoms with E-state index in [0.717, 1.165) is 38.6 Å². The minimum absolute atomic E-state index is 0.0610. The summed E-state index contributed by atoms with van der Waals surface area (Å²) in [4.78, 5) is 0. The zero-order valence-electron chi connectivity index (χ0n) is 11.9. The van der Waals surface area contributed by atoms with E-state index in [1.807, 2.05) is 0 Å². The molecule has 0 radical (unpaired) electrons. The molecule has 1 fully saturated rings. The average molecular weight is 261 g/mol. The molecule has 19 heavy (non-hydrogen) atoms. The van der Waals surface area contributed by atoms with Gasteiger partial charge in [-0.05, 0) is 62.1 Å². The van der Waals surface area contributed by atoms with Crippen molar-refractivity contribution in [3.63, 3.8) is 0 Å². The highest BCUT2D eigenvalue weighted by Crippen LogP contribution is 2.28. The summed E-state index contributed by atoms with van der Waals surface area (Å²) in [5, 5.41) is 10.0. The molecule has 1 aliphatic carbocycles. The van der Waals surface area contributed by atoms with Gasteiger partial charge in [0.15, 0.2) is 0 Å². The van der Waals surface area contributed by atoms with Crippen LogP contribution in [0, 0.1) is 5.92 Å². The molecule has 1 saturated carbocycles. The Kier molecular flexibility index (Phi) is 5.87.